The Bertz CT molecular complexity index is 676. The maximum absolute atomic E-state index is 11.9. The van der Waals surface area contributed by atoms with E-state index in [2.05, 4.69) is 13.8 Å². The number of carboxylic acids is 1. The van der Waals surface area contributed by atoms with Gasteiger partial charge in [-0.05, 0) is 36.3 Å². The van der Waals surface area contributed by atoms with E-state index in [4.69, 9.17) is 4.74 Å². The number of ether oxygens (including phenoxy) is 1. The lowest BCUT2D eigenvalue weighted by Gasteiger charge is -2.19. The summed E-state index contributed by atoms with van der Waals surface area (Å²) in [7, 11) is 0. The minimum absolute atomic E-state index is 0.205. The van der Waals surface area contributed by atoms with Crippen LogP contribution in [0.3, 0.4) is 0 Å². The van der Waals surface area contributed by atoms with E-state index < -0.39 is 5.97 Å². The van der Waals surface area contributed by atoms with E-state index in [1.165, 1.54) is 12.8 Å². The number of hydrogen-bond donors (Lipinski definition) is 1. The molecular weight excluding hydrogens is 288 g/mol. The molecule has 2 rings (SSSR count). The Labute approximate surface area is 138 Å². The highest BCUT2D eigenvalue weighted by atomic mass is 16.5. The maximum Gasteiger partial charge on any atom is 0.339 e. The predicted octanol–water partition coefficient (Wildman–Crippen LogP) is 5.62. The Balaban J connectivity index is 2.57. The molecule has 0 saturated carbocycles. The van der Waals surface area contributed by atoms with Crippen LogP contribution in [0.25, 0.3) is 10.8 Å². The Morgan fingerprint density at radius 1 is 1.22 bits per heavy atom. The summed E-state index contributed by atoms with van der Waals surface area (Å²) in [6, 6.07) is 9.87. The van der Waals surface area contributed by atoms with E-state index in [0.717, 1.165) is 29.2 Å². The Hall–Kier alpha value is -2.03. The largest absolute Gasteiger partial charge is 0.492 e. The van der Waals surface area contributed by atoms with Crippen molar-refractivity contribution in [1.29, 1.82) is 0 Å². The number of aromatic carboxylic acids is 1. The van der Waals surface area contributed by atoms with Gasteiger partial charge in [0.15, 0.2) is 0 Å². The van der Waals surface area contributed by atoms with Crippen molar-refractivity contribution < 1.29 is 14.6 Å². The van der Waals surface area contributed by atoms with Crippen LogP contribution in [0.2, 0.25) is 0 Å². The second-order valence-corrected chi connectivity index (χ2v) is 6.03. The Morgan fingerprint density at radius 3 is 2.61 bits per heavy atom. The van der Waals surface area contributed by atoms with Crippen LogP contribution < -0.4 is 4.74 Å². The summed E-state index contributed by atoms with van der Waals surface area (Å²) in [5.74, 6) is -0.191. The monoisotopic (exact) mass is 314 g/mol. The molecule has 0 aliphatic rings. The maximum atomic E-state index is 11.9. The van der Waals surface area contributed by atoms with Gasteiger partial charge in [-0.25, -0.2) is 4.79 Å². The predicted molar refractivity (Wildman–Crippen MR) is 94.6 cm³/mol. The minimum Gasteiger partial charge on any atom is -0.492 e. The fraction of sp³-hybridized carbons (Fsp3) is 0.450. The van der Waals surface area contributed by atoms with Crippen molar-refractivity contribution in [3.8, 4) is 5.75 Å². The second kappa shape index (κ2) is 8.00. The van der Waals surface area contributed by atoms with Crippen molar-refractivity contribution in [2.45, 2.75) is 52.4 Å². The van der Waals surface area contributed by atoms with Gasteiger partial charge in [0.05, 0.1) is 6.61 Å². The molecule has 2 aromatic rings. The minimum atomic E-state index is -0.906. The highest BCUT2D eigenvalue weighted by Gasteiger charge is 2.23. The molecule has 0 bridgehead atoms. The zero-order valence-corrected chi connectivity index (χ0v) is 14.3. The molecule has 2 aromatic carbocycles. The number of hydrogen-bond acceptors (Lipinski definition) is 2. The summed E-state index contributed by atoms with van der Waals surface area (Å²) in [5, 5.41) is 11.7. The topological polar surface area (TPSA) is 46.5 Å². The molecule has 3 nitrogen and oxygen atoms in total. The molecule has 0 aliphatic heterocycles. The van der Waals surface area contributed by atoms with Gasteiger partial charge in [0.2, 0.25) is 0 Å². The van der Waals surface area contributed by atoms with Crippen LogP contribution in [0.4, 0.5) is 0 Å². The van der Waals surface area contributed by atoms with Gasteiger partial charge in [0, 0.05) is 5.39 Å². The van der Waals surface area contributed by atoms with Gasteiger partial charge < -0.3 is 9.84 Å². The molecule has 0 fully saturated rings. The SMILES string of the molecule is CCCCCC(C)c1cc2ccccc2c(OCC)c1C(=O)O. The summed E-state index contributed by atoms with van der Waals surface area (Å²) in [6.07, 6.45) is 4.46. The van der Waals surface area contributed by atoms with E-state index in [-0.39, 0.29) is 5.92 Å². The van der Waals surface area contributed by atoms with Crippen LogP contribution in [0, 0.1) is 0 Å². The molecule has 0 amide bonds. The van der Waals surface area contributed by atoms with Crippen molar-refractivity contribution in [2.75, 3.05) is 6.61 Å². The lowest BCUT2D eigenvalue weighted by atomic mass is 9.88. The molecule has 0 heterocycles. The highest BCUT2D eigenvalue weighted by Crippen LogP contribution is 2.37. The van der Waals surface area contributed by atoms with E-state index in [1.54, 1.807) is 0 Å². The summed E-state index contributed by atoms with van der Waals surface area (Å²) >= 11 is 0. The highest BCUT2D eigenvalue weighted by molar-refractivity contribution is 6.02. The summed E-state index contributed by atoms with van der Waals surface area (Å²) in [6.45, 7) is 6.63. The molecule has 0 aromatic heterocycles. The fourth-order valence-electron chi connectivity index (χ4n) is 3.09. The third-order valence-corrected chi connectivity index (χ3v) is 4.31. The molecule has 3 heteroatoms. The van der Waals surface area contributed by atoms with Gasteiger partial charge in [0.25, 0.3) is 0 Å². The normalized spacial score (nSPS) is 12.3. The van der Waals surface area contributed by atoms with Crippen molar-refractivity contribution in [1.82, 2.24) is 0 Å². The van der Waals surface area contributed by atoms with Gasteiger partial charge in [-0.3, -0.25) is 0 Å². The van der Waals surface area contributed by atoms with E-state index >= 15 is 0 Å². The van der Waals surface area contributed by atoms with E-state index in [9.17, 15) is 9.90 Å². The molecule has 1 unspecified atom stereocenters. The van der Waals surface area contributed by atoms with Gasteiger partial charge in [-0.15, -0.1) is 0 Å². The van der Waals surface area contributed by atoms with Crippen molar-refractivity contribution >= 4 is 16.7 Å². The molecule has 0 saturated heterocycles. The second-order valence-electron chi connectivity index (χ2n) is 6.03. The number of carboxylic acid groups (broad SMARTS) is 1. The Kier molecular flexibility index (Phi) is 6.03. The molecule has 0 aliphatic carbocycles. The first-order valence-electron chi connectivity index (χ1n) is 8.51. The van der Waals surface area contributed by atoms with Crippen LogP contribution in [0.5, 0.6) is 5.75 Å². The summed E-state index contributed by atoms with van der Waals surface area (Å²) < 4.78 is 5.75. The van der Waals surface area contributed by atoms with Gasteiger partial charge in [-0.2, -0.15) is 0 Å². The summed E-state index contributed by atoms with van der Waals surface area (Å²) in [4.78, 5) is 11.9. The van der Waals surface area contributed by atoms with Crippen LogP contribution in [-0.2, 0) is 0 Å². The first-order chi connectivity index (χ1) is 11.1. The molecular formula is C20H26O3. The average molecular weight is 314 g/mol. The van der Waals surface area contributed by atoms with Crippen LogP contribution in [0.15, 0.2) is 30.3 Å². The Morgan fingerprint density at radius 2 is 1.96 bits per heavy atom. The van der Waals surface area contributed by atoms with Crippen molar-refractivity contribution in [3.05, 3.63) is 41.5 Å². The first kappa shape index (κ1) is 17.3. The summed E-state index contributed by atoms with van der Waals surface area (Å²) in [5.41, 5.74) is 1.21. The first-order valence-corrected chi connectivity index (χ1v) is 8.51. The number of fused-ring (bicyclic) bond motifs is 1. The lowest BCUT2D eigenvalue weighted by molar-refractivity contribution is 0.0691. The quantitative estimate of drug-likeness (QED) is 0.643. The van der Waals surface area contributed by atoms with Gasteiger partial charge in [0.1, 0.15) is 11.3 Å². The van der Waals surface area contributed by atoms with Crippen molar-refractivity contribution in [2.24, 2.45) is 0 Å². The molecule has 1 atom stereocenters. The van der Waals surface area contributed by atoms with Gasteiger partial charge >= 0.3 is 5.97 Å². The van der Waals surface area contributed by atoms with Gasteiger partial charge in [-0.1, -0.05) is 57.4 Å². The smallest absolute Gasteiger partial charge is 0.339 e. The zero-order valence-electron chi connectivity index (χ0n) is 14.3. The number of benzene rings is 2. The molecule has 1 N–H and O–H groups in total. The zero-order chi connectivity index (χ0) is 16.8. The van der Waals surface area contributed by atoms with Crippen LogP contribution in [-0.4, -0.2) is 17.7 Å². The van der Waals surface area contributed by atoms with Crippen molar-refractivity contribution in [3.63, 3.8) is 0 Å². The third-order valence-electron chi connectivity index (χ3n) is 4.31. The fourth-order valence-corrected chi connectivity index (χ4v) is 3.09. The van der Waals surface area contributed by atoms with Crippen LogP contribution in [0.1, 0.15) is 68.3 Å². The third kappa shape index (κ3) is 3.84. The molecule has 124 valence electrons. The molecule has 0 spiro atoms. The molecule has 0 radical (unpaired) electrons. The van der Waals surface area contributed by atoms with Crippen LogP contribution >= 0.6 is 0 Å². The van der Waals surface area contributed by atoms with E-state index in [0.29, 0.717) is 17.9 Å². The lowest BCUT2D eigenvalue weighted by Crippen LogP contribution is -2.10. The average Bonchev–Trinajstić information content (AvgIpc) is 2.54. The molecule has 23 heavy (non-hydrogen) atoms. The number of rotatable bonds is 8. The number of carbonyl (C=O) groups is 1. The van der Waals surface area contributed by atoms with E-state index in [1.807, 2.05) is 37.3 Å². The number of unbranched alkanes of at least 4 members (excludes halogenated alkanes) is 2. The standard InChI is InChI=1S/C20H26O3/c1-4-6-7-10-14(3)17-13-15-11-8-9-12-16(15)19(23-5-2)18(17)20(21)22/h8-9,11-14H,4-7,10H2,1-3H3,(H,21,22).